The lowest BCUT2D eigenvalue weighted by Crippen LogP contribution is -2.28. The molecule has 0 saturated heterocycles. The Morgan fingerprint density at radius 3 is 3.08 bits per heavy atom. The molecule has 72 valence electrons. The van der Waals surface area contributed by atoms with Crippen molar-refractivity contribution in [2.45, 2.75) is 25.8 Å². The summed E-state index contributed by atoms with van der Waals surface area (Å²) in [4.78, 5) is 14.6. The number of hydrogen-bond acceptors (Lipinski definition) is 5. The molecule has 0 bridgehead atoms. The van der Waals surface area contributed by atoms with Crippen LogP contribution in [-0.4, -0.2) is 26.5 Å². The molecule has 0 saturated carbocycles. The van der Waals surface area contributed by atoms with Crippen LogP contribution in [0.4, 0.5) is 5.13 Å². The summed E-state index contributed by atoms with van der Waals surface area (Å²) in [6.45, 7) is 1.94. The van der Waals surface area contributed by atoms with E-state index in [9.17, 15) is 4.79 Å². The van der Waals surface area contributed by atoms with Gasteiger partial charge >= 0.3 is 5.97 Å². The monoisotopic (exact) mass is 201 g/mol. The number of carboxylic acid groups (broad SMARTS) is 1. The van der Waals surface area contributed by atoms with Gasteiger partial charge in [0.2, 0.25) is 5.13 Å². The summed E-state index contributed by atoms with van der Waals surface area (Å²) in [5, 5.41) is 12.2. The zero-order valence-corrected chi connectivity index (χ0v) is 8.04. The maximum absolute atomic E-state index is 10.7. The minimum absolute atomic E-state index is 0.556. The Bertz CT molecular complexity index is 263. The second kappa shape index (κ2) is 4.76. The first-order valence-corrected chi connectivity index (χ1v) is 4.77. The molecule has 13 heavy (non-hydrogen) atoms. The predicted molar refractivity (Wildman–Crippen MR) is 49.9 cm³/mol. The third-order valence-electron chi connectivity index (χ3n) is 1.53. The van der Waals surface area contributed by atoms with Crippen molar-refractivity contribution in [2.24, 2.45) is 0 Å². The smallest absolute Gasteiger partial charge is 0.326 e. The lowest BCUT2D eigenvalue weighted by molar-refractivity contribution is -0.138. The highest BCUT2D eigenvalue weighted by molar-refractivity contribution is 7.09. The Morgan fingerprint density at radius 2 is 2.62 bits per heavy atom. The van der Waals surface area contributed by atoms with Gasteiger partial charge in [0.25, 0.3) is 0 Å². The van der Waals surface area contributed by atoms with Crippen LogP contribution in [0.2, 0.25) is 0 Å². The zero-order valence-electron chi connectivity index (χ0n) is 7.23. The Labute approximate surface area is 80.0 Å². The third-order valence-corrected chi connectivity index (χ3v) is 2.13. The molecule has 1 unspecified atom stereocenters. The molecule has 0 aliphatic heterocycles. The van der Waals surface area contributed by atoms with E-state index in [4.69, 9.17) is 5.11 Å². The van der Waals surface area contributed by atoms with Crippen molar-refractivity contribution in [3.8, 4) is 0 Å². The third kappa shape index (κ3) is 2.98. The molecule has 5 nitrogen and oxygen atoms in total. The van der Waals surface area contributed by atoms with Gasteiger partial charge in [-0.05, 0) is 6.42 Å². The molecule has 0 spiro atoms. The average molecular weight is 201 g/mol. The molecule has 0 aliphatic carbocycles. The Hall–Kier alpha value is -1.17. The first-order chi connectivity index (χ1) is 6.24. The van der Waals surface area contributed by atoms with Gasteiger partial charge in [-0.25, -0.2) is 9.78 Å². The summed E-state index contributed by atoms with van der Waals surface area (Å²) in [5.41, 5.74) is 0. The molecule has 1 heterocycles. The van der Waals surface area contributed by atoms with Gasteiger partial charge in [0.15, 0.2) is 0 Å². The minimum Gasteiger partial charge on any atom is -0.480 e. The largest absolute Gasteiger partial charge is 0.480 e. The van der Waals surface area contributed by atoms with E-state index in [0.29, 0.717) is 11.6 Å². The highest BCUT2D eigenvalue weighted by atomic mass is 32.1. The lowest BCUT2D eigenvalue weighted by atomic mass is 10.2. The summed E-state index contributed by atoms with van der Waals surface area (Å²) in [6, 6.07) is -0.557. The summed E-state index contributed by atoms with van der Waals surface area (Å²) in [5.74, 6) is -0.850. The summed E-state index contributed by atoms with van der Waals surface area (Å²) >= 11 is 1.16. The Balaban J connectivity index is 2.52. The molecular formula is C7H11N3O2S. The van der Waals surface area contributed by atoms with E-state index in [1.807, 2.05) is 6.92 Å². The van der Waals surface area contributed by atoms with Crippen molar-refractivity contribution >= 4 is 22.6 Å². The number of aromatic nitrogens is 2. The minimum atomic E-state index is -0.850. The fraction of sp³-hybridized carbons (Fsp3) is 0.571. The first-order valence-electron chi connectivity index (χ1n) is 4.00. The van der Waals surface area contributed by atoms with Crippen LogP contribution in [-0.2, 0) is 4.79 Å². The molecule has 1 rings (SSSR count). The molecule has 1 aromatic heterocycles. The number of nitrogens with zero attached hydrogens (tertiary/aromatic N) is 2. The molecule has 6 heteroatoms. The van der Waals surface area contributed by atoms with E-state index in [-0.39, 0.29) is 0 Å². The molecule has 0 radical (unpaired) electrons. The summed E-state index contributed by atoms with van der Waals surface area (Å²) < 4.78 is 3.77. The first kappa shape index (κ1) is 9.91. The highest BCUT2D eigenvalue weighted by Gasteiger charge is 2.16. The standard InChI is InChI=1S/C7H11N3O2S/c1-2-3-5(6(11)12)10-7-8-4-9-13-7/h4-5H,2-3H2,1H3,(H,11,12)(H,8,9,10). The van der Waals surface area contributed by atoms with Crippen molar-refractivity contribution in [2.75, 3.05) is 5.32 Å². The molecule has 2 N–H and O–H groups in total. The number of carboxylic acids is 1. The van der Waals surface area contributed by atoms with Crippen LogP contribution in [0.1, 0.15) is 19.8 Å². The van der Waals surface area contributed by atoms with E-state index >= 15 is 0 Å². The Kier molecular flexibility index (Phi) is 3.63. The van der Waals surface area contributed by atoms with Crippen LogP contribution in [0.3, 0.4) is 0 Å². The molecule has 1 aromatic rings. The van der Waals surface area contributed by atoms with Gasteiger partial charge in [-0.2, -0.15) is 4.37 Å². The van der Waals surface area contributed by atoms with E-state index in [0.717, 1.165) is 18.0 Å². The maximum Gasteiger partial charge on any atom is 0.326 e. The summed E-state index contributed by atoms with van der Waals surface area (Å²) in [6.07, 6.45) is 2.82. The fourth-order valence-electron chi connectivity index (χ4n) is 0.932. The Morgan fingerprint density at radius 1 is 1.85 bits per heavy atom. The van der Waals surface area contributed by atoms with Gasteiger partial charge in [-0.3, -0.25) is 0 Å². The van der Waals surface area contributed by atoms with E-state index < -0.39 is 12.0 Å². The summed E-state index contributed by atoms with van der Waals surface area (Å²) in [7, 11) is 0. The fourth-order valence-corrected chi connectivity index (χ4v) is 1.42. The highest BCUT2D eigenvalue weighted by Crippen LogP contribution is 2.11. The van der Waals surface area contributed by atoms with Crippen LogP contribution < -0.4 is 5.32 Å². The van der Waals surface area contributed by atoms with E-state index in [2.05, 4.69) is 14.7 Å². The van der Waals surface area contributed by atoms with Crippen LogP contribution in [0.15, 0.2) is 6.33 Å². The number of nitrogens with one attached hydrogen (secondary N) is 1. The molecule has 1 atom stereocenters. The SMILES string of the molecule is CCCC(Nc1ncns1)C(=O)O. The van der Waals surface area contributed by atoms with Crippen molar-refractivity contribution in [3.05, 3.63) is 6.33 Å². The number of aliphatic carboxylic acids is 1. The van der Waals surface area contributed by atoms with Crippen LogP contribution >= 0.6 is 11.5 Å². The van der Waals surface area contributed by atoms with Gasteiger partial charge in [-0.15, -0.1) is 0 Å². The zero-order chi connectivity index (χ0) is 9.68. The van der Waals surface area contributed by atoms with E-state index in [1.165, 1.54) is 6.33 Å². The molecule has 0 aromatic carbocycles. The molecular weight excluding hydrogens is 190 g/mol. The molecule has 0 fully saturated rings. The van der Waals surface area contributed by atoms with Gasteiger partial charge in [-0.1, -0.05) is 13.3 Å². The van der Waals surface area contributed by atoms with Crippen LogP contribution in [0.5, 0.6) is 0 Å². The maximum atomic E-state index is 10.7. The quantitative estimate of drug-likeness (QED) is 0.748. The second-order valence-electron chi connectivity index (χ2n) is 2.57. The van der Waals surface area contributed by atoms with Gasteiger partial charge < -0.3 is 10.4 Å². The van der Waals surface area contributed by atoms with Crippen molar-refractivity contribution in [1.82, 2.24) is 9.36 Å². The van der Waals surface area contributed by atoms with Gasteiger partial charge in [0.1, 0.15) is 12.4 Å². The average Bonchev–Trinajstić information content (AvgIpc) is 2.56. The van der Waals surface area contributed by atoms with Gasteiger partial charge in [0, 0.05) is 11.5 Å². The van der Waals surface area contributed by atoms with E-state index in [1.54, 1.807) is 0 Å². The van der Waals surface area contributed by atoms with Crippen molar-refractivity contribution in [3.63, 3.8) is 0 Å². The predicted octanol–water partition coefficient (Wildman–Crippen LogP) is 1.20. The number of hydrogen-bond donors (Lipinski definition) is 2. The number of anilines is 1. The number of rotatable bonds is 5. The molecule has 0 aliphatic rings. The topological polar surface area (TPSA) is 75.1 Å². The van der Waals surface area contributed by atoms with Crippen LogP contribution in [0.25, 0.3) is 0 Å². The molecule has 0 amide bonds. The van der Waals surface area contributed by atoms with Crippen molar-refractivity contribution < 1.29 is 9.90 Å². The van der Waals surface area contributed by atoms with Crippen molar-refractivity contribution in [1.29, 1.82) is 0 Å². The number of carbonyl (C=O) groups is 1. The second-order valence-corrected chi connectivity index (χ2v) is 3.35. The van der Waals surface area contributed by atoms with Crippen LogP contribution in [0, 0.1) is 0 Å². The lowest BCUT2D eigenvalue weighted by Gasteiger charge is -2.11. The normalized spacial score (nSPS) is 12.4. The van der Waals surface area contributed by atoms with Gasteiger partial charge in [0.05, 0.1) is 0 Å².